The highest BCUT2D eigenvalue weighted by atomic mass is 35.5. The maximum absolute atomic E-state index is 12.6. The molecule has 32 heavy (non-hydrogen) atoms. The molecule has 1 saturated heterocycles. The Hall–Kier alpha value is -2.99. The Kier molecular flexibility index (Phi) is 7.46. The highest BCUT2D eigenvalue weighted by Crippen LogP contribution is 2.38. The van der Waals surface area contributed by atoms with Crippen LogP contribution in [0.2, 0.25) is 10.0 Å². The van der Waals surface area contributed by atoms with Gasteiger partial charge in [0, 0.05) is 5.56 Å². The molecule has 0 radical (unpaired) electrons. The number of rotatable bonds is 6. The highest BCUT2D eigenvalue weighted by molar-refractivity contribution is 8.18. The number of thioether (sulfide) groups is 1. The maximum Gasteiger partial charge on any atom is 0.328 e. The molecule has 1 atom stereocenters. The molecular formula is C22H16Cl2N2O5S. The standard InChI is InChI=1S/C22H16Cl2N2O5S/c1-12(21(28)30-2)26-20(27)18(32-22(26)29)9-13-7-16(23)19(17(24)8-13)31-11-15-6-4-3-5-14(15)10-25/h3-9,12H,11H2,1-2H3/b18-9+/t12-/m1/s1. The van der Waals surface area contributed by atoms with Crippen molar-refractivity contribution in [3.8, 4) is 11.8 Å². The maximum atomic E-state index is 12.6. The molecule has 1 heterocycles. The molecule has 1 aliphatic heterocycles. The van der Waals surface area contributed by atoms with Crippen molar-refractivity contribution in [2.24, 2.45) is 0 Å². The van der Waals surface area contributed by atoms with Crippen molar-refractivity contribution in [2.45, 2.75) is 19.6 Å². The molecule has 164 valence electrons. The molecular weight excluding hydrogens is 475 g/mol. The van der Waals surface area contributed by atoms with Crippen LogP contribution in [-0.2, 0) is 20.9 Å². The first-order valence-corrected chi connectivity index (χ1v) is 10.8. The van der Waals surface area contributed by atoms with E-state index >= 15 is 0 Å². The Bertz CT molecular complexity index is 1150. The van der Waals surface area contributed by atoms with E-state index in [9.17, 15) is 19.6 Å². The summed E-state index contributed by atoms with van der Waals surface area (Å²) in [4.78, 5) is 37.5. The summed E-state index contributed by atoms with van der Waals surface area (Å²) in [5.74, 6) is -1.08. The van der Waals surface area contributed by atoms with E-state index in [2.05, 4.69) is 10.8 Å². The number of esters is 1. The summed E-state index contributed by atoms with van der Waals surface area (Å²) in [5, 5.41) is 9.00. The van der Waals surface area contributed by atoms with Gasteiger partial charge in [-0.25, -0.2) is 4.79 Å². The number of ether oxygens (including phenoxy) is 2. The summed E-state index contributed by atoms with van der Waals surface area (Å²) >= 11 is 13.4. The minimum atomic E-state index is -1.04. The van der Waals surface area contributed by atoms with Crippen molar-refractivity contribution < 1.29 is 23.9 Å². The number of nitriles is 1. The predicted octanol–water partition coefficient (Wildman–Crippen LogP) is 5.04. The quantitative estimate of drug-likeness (QED) is 0.413. The molecule has 0 bridgehead atoms. The second-order valence-corrected chi connectivity index (χ2v) is 8.43. The Morgan fingerprint density at radius 1 is 1.25 bits per heavy atom. The van der Waals surface area contributed by atoms with Gasteiger partial charge >= 0.3 is 5.97 Å². The van der Waals surface area contributed by atoms with E-state index in [1.165, 1.54) is 32.2 Å². The highest BCUT2D eigenvalue weighted by Gasteiger charge is 2.41. The largest absolute Gasteiger partial charge is 0.486 e. The third kappa shape index (κ3) is 4.91. The van der Waals surface area contributed by atoms with Gasteiger partial charge in [0.2, 0.25) is 0 Å². The average molecular weight is 491 g/mol. The smallest absolute Gasteiger partial charge is 0.328 e. The van der Waals surface area contributed by atoms with Crippen molar-refractivity contribution >= 4 is 58.2 Å². The van der Waals surface area contributed by atoms with Crippen LogP contribution in [0.15, 0.2) is 41.3 Å². The van der Waals surface area contributed by atoms with Crippen molar-refractivity contribution in [3.05, 3.63) is 68.0 Å². The lowest BCUT2D eigenvalue weighted by Gasteiger charge is -2.18. The first-order valence-electron chi connectivity index (χ1n) is 9.21. The van der Waals surface area contributed by atoms with Crippen LogP contribution in [0.5, 0.6) is 5.75 Å². The molecule has 2 aromatic rings. The SMILES string of the molecule is COC(=O)[C@@H](C)N1C(=O)S/C(=C/c2cc(Cl)c(OCc3ccccc3C#N)c(Cl)c2)C1=O. The van der Waals surface area contributed by atoms with Crippen LogP contribution in [-0.4, -0.2) is 35.2 Å². The van der Waals surface area contributed by atoms with E-state index in [0.717, 1.165) is 4.90 Å². The minimum absolute atomic E-state index is 0.0901. The predicted molar refractivity (Wildman–Crippen MR) is 121 cm³/mol. The van der Waals surface area contributed by atoms with Gasteiger partial charge in [0.25, 0.3) is 11.1 Å². The van der Waals surface area contributed by atoms with Gasteiger partial charge < -0.3 is 9.47 Å². The average Bonchev–Trinajstić information content (AvgIpc) is 3.04. The van der Waals surface area contributed by atoms with E-state index in [1.807, 2.05) is 0 Å². The van der Waals surface area contributed by atoms with Gasteiger partial charge in [-0.05, 0) is 48.5 Å². The van der Waals surface area contributed by atoms with Crippen LogP contribution in [0.1, 0.15) is 23.6 Å². The molecule has 2 amide bonds. The third-order valence-corrected chi connectivity index (χ3v) is 6.03. The van der Waals surface area contributed by atoms with Crippen molar-refractivity contribution in [1.82, 2.24) is 4.90 Å². The Balaban J connectivity index is 1.81. The first kappa shape index (κ1) is 23.7. The second kappa shape index (κ2) is 10.1. The van der Waals surface area contributed by atoms with Gasteiger partial charge in [-0.3, -0.25) is 14.5 Å². The van der Waals surface area contributed by atoms with E-state index in [1.54, 1.807) is 24.3 Å². The lowest BCUT2D eigenvalue weighted by molar-refractivity contribution is -0.148. The van der Waals surface area contributed by atoms with Crippen LogP contribution in [0.3, 0.4) is 0 Å². The fraction of sp³-hybridized carbons (Fsp3) is 0.182. The van der Waals surface area contributed by atoms with Crippen LogP contribution in [0.25, 0.3) is 6.08 Å². The van der Waals surface area contributed by atoms with E-state index < -0.39 is 23.2 Å². The van der Waals surface area contributed by atoms with Crippen molar-refractivity contribution in [2.75, 3.05) is 7.11 Å². The summed E-state index contributed by atoms with van der Waals surface area (Å²) in [6.45, 7) is 1.50. The van der Waals surface area contributed by atoms with Gasteiger partial charge in [-0.2, -0.15) is 5.26 Å². The monoisotopic (exact) mass is 490 g/mol. The molecule has 0 unspecified atom stereocenters. The molecule has 0 spiro atoms. The molecule has 1 fully saturated rings. The van der Waals surface area contributed by atoms with Gasteiger partial charge in [0.05, 0.1) is 33.7 Å². The topological polar surface area (TPSA) is 96.7 Å². The van der Waals surface area contributed by atoms with Crippen molar-refractivity contribution in [1.29, 1.82) is 5.26 Å². The van der Waals surface area contributed by atoms with Gasteiger partial charge in [0.1, 0.15) is 12.6 Å². The molecule has 0 aromatic heterocycles. The van der Waals surface area contributed by atoms with E-state index in [0.29, 0.717) is 28.5 Å². The fourth-order valence-corrected chi connectivity index (χ4v) is 4.47. The number of hydrogen-bond acceptors (Lipinski definition) is 7. The molecule has 1 aliphatic rings. The van der Waals surface area contributed by atoms with Crippen molar-refractivity contribution in [3.63, 3.8) is 0 Å². The third-order valence-electron chi connectivity index (χ3n) is 4.58. The minimum Gasteiger partial charge on any atom is -0.486 e. The van der Waals surface area contributed by atoms with Gasteiger partial charge in [-0.1, -0.05) is 41.4 Å². The van der Waals surface area contributed by atoms with Crippen LogP contribution >= 0.6 is 35.0 Å². The van der Waals surface area contributed by atoms with Crippen LogP contribution in [0.4, 0.5) is 4.79 Å². The van der Waals surface area contributed by atoms with E-state index in [-0.39, 0.29) is 27.3 Å². The van der Waals surface area contributed by atoms with Gasteiger partial charge in [-0.15, -0.1) is 0 Å². The molecule has 0 aliphatic carbocycles. The lowest BCUT2D eigenvalue weighted by Crippen LogP contribution is -2.42. The zero-order valence-electron chi connectivity index (χ0n) is 16.9. The Labute approximate surface area is 198 Å². The number of imide groups is 1. The summed E-state index contributed by atoms with van der Waals surface area (Å²) in [7, 11) is 1.18. The molecule has 2 aromatic carbocycles. The lowest BCUT2D eigenvalue weighted by atomic mass is 10.1. The van der Waals surface area contributed by atoms with Crippen LogP contribution < -0.4 is 4.74 Å². The fourth-order valence-electron chi connectivity index (χ4n) is 2.95. The Morgan fingerprint density at radius 3 is 2.53 bits per heavy atom. The zero-order chi connectivity index (χ0) is 23.4. The first-order chi connectivity index (χ1) is 15.3. The number of hydrogen-bond donors (Lipinski definition) is 0. The molecule has 0 saturated carbocycles. The molecule has 0 N–H and O–H groups in total. The summed E-state index contributed by atoms with van der Waals surface area (Å²) in [6.07, 6.45) is 1.46. The molecule has 3 rings (SSSR count). The number of halogens is 2. The number of methoxy groups -OCH3 is 1. The Morgan fingerprint density at radius 2 is 1.91 bits per heavy atom. The zero-order valence-corrected chi connectivity index (χ0v) is 19.3. The van der Waals surface area contributed by atoms with Crippen LogP contribution in [0, 0.1) is 11.3 Å². The number of benzene rings is 2. The summed E-state index contributed by atoms with van der Waals surface area (Å²) < 4.78 is 10.3. The molecule has 7 nitrogen and oxygen atoms in total. The number of carbonyl (C=O) groups is 3. The number of nitrogens with zero attached hydrogens (tertiary/aromatic N) is 2. The second-order valence-electron chi connectivity index (χ2n) is 6.62. The number of amides is 2. The van der Waals surface area contributed by atoms with Gasteiger partial charge in [0.15, 0.2) is 5.75 Å². The van der Waals surface area contributed by atoms with E-state index in [4.69, 9.17) is 27.9 Å². The number of carbonyl (C=O) groups excluding carboxylic acids is 3. The summed E-state index contributed by atoms with van der Waals surface area (Å²) in [5.41, 5.74) is 1.63. The normalized spacial score (nSPS) is 15.6. The molecule has 10 heteroatoms. The summed E-state index contributed by atoms with van der Waals surface area (Å²) in [6, 6.07) is 11.1.